The molecule has 0 unspecified atom stereocenters. The molecular weight excluding hydrogens is 228 g/mol. The van der Waals surface area contributed by atoms with Crippen molar-refractivity contribution < 1.29 is 9.32 Å². The van der Waals surface area contributed by atoms with E-state index in [9.17, 15) is 4.79 Å². The largest absolute Gasteiger partial charge is 0.370 e. The summed E-state index contributed by atoms with van der Waals surface area (Å²) >= 11 is 2.98. The fourth-order valence-corrected chi connectivity index (χ4v) is 0.918. The van der Waals surface area contributed by atoms with E-state index in [4.69, 9.17) is 11.5 Å². The van der Waals surface area contributed by atoms with Crippen LogP contribution >= 0.6 is 15.9 Å². The molecule has 0 saturated heterocycles. The number of carbonyl (C=O) groups excluding carboxylic acids is 1. The zero-order valence-electron chi connectivity index (χ0n) is 6.03. The molecule has 1 atom stereocenters. The van der Waals surface area contributed by atoms with Crippen molar-refractivity contribution in [1.82, 2.24) is 10.1 Å². The van der Waals surface area contributed by atoms with Crippen LogP contribution in [0.2, 0.25) is 0 Å². The molecule has 0 radical (unpaired) electrons. The van der Waals surface area contributed by atoms with Gasteiger partial charge in [-0.15, -0.1) is 0 Å². The number of nitrogens with zero attached hydrogens (tertiary/aromatic N) is 2. The summed E-state index contributed by atoms with van der Waals surface area (Å²) < 4.78 is 4.99. The summed E-state index contributed by atoms with van der Waals surface area (Å²) in [7, 11) is 0. The van der Waals surface area contributed by atoms with Gasteiger partial charge in [0, 0.05) is 0 Å². The fourth-order valence-electron chi connectivity index (χ4n) is 0.671. The first-order valence-electron chi connectivity index (χ1n) is 3.12. The number of nitrogens with two attached hydrogens (primary N) is 2. The number of amides is 1. The molecule has 4 N–H and O–H groups in total. The van der Waals surface area contributed by atoms with Gasteiger partial charge in [-0.2, -0.15) is 4.98 Å². The molecular formula is C5H7BrN4O2. The molecule has 1 heterocycles. The minimum atomic E-state index is -0.624. The molecule has 6 nitrogen and oxygen atoms in total. The molecule has 0 aliphatic carbocycles. The van der Waals surface area contributed by atoms with Crippen LogP contribution in [0.15, 0.2) is 9.26 Å². The Morgan fingerprint density at radius 1 is 1.75 bits per heavy atom. The van der Waals surface area contributed by atoms with Crippen LogP contribution in [-0.2, 0) is 4.79 Å². The molecule has 0 aromatic carbocycles. The molecule has 1 aromatic heterocycles. The molecule has 1 aromatic rings. The quantitative estimate of drug-likeness (QED) is 0.748. The SMILES string of the molecule is NC(=O)C[C@H](N)c1nc(Br)no1. The number of primary amides is 1. The van der Waals surface area contributed by atoms with Crippen molar-refractivity contribution in [1.29, 1.82) is 0 Å². The molecule has 0 saturated carbocycles. The van der Waals surface area contributed by atoms with Gasteiger partial charge in [0.2, 0.25) is 16.5 Å². The van der Waals surface area contributed by atoms with E-state index in [1.165, 1.54) is 0 Å². The second kappa shape index (κ2) is 3.63. The van der Waals surface area contributed by atoms with Crippen LogP contribution in [0.5, 0.6) is 0 Å². The Bertz CT molecular complexity index is 287. The van der Waals surface area contributed by atoms with Gasteiger partial charge in [-0.25, -0.2) is 0 Å². The highest BCUT2D eigenvalue weighted by Gasteiger charge is 2.15. The maximum Gasteiger partial charge on any atom is 0.244 e. The van der Waals surface area contributed by atoms with Gasteiger partial charge in [-0.3, -0.25) is 4.79 Å². The fraction of sp³-hybridized carbons (Fsp3) is 0.400. The monoisotopic (exact) mass is 234 g/mol. The molecule has 0 aliphatic heterocycles. The number of hydrogen-bond acceptors (Lipinski definition) is 5. The van der Waals surface area contributed by atoms with Crippen molar-refractivity contribution in [3.05, 3.63) is 10.6 Å². The Labute approximate surface area is 76.4 Å². The smallest absolute Gasteiger partial charge is 0.244 e. The number of halogens is 1. The lowest BCUT2D eigenvalue weighted by molar-refractivity contribution is -0.118. The van der Waals surface area contributed by atoms with Crippen molar-refractivity contribution in [3.63, 3.8) is 0 Å². The molecule has 0 fully saturated rings. The lowest BCUT2D eigenvalue weighted by Gasteiger charge is -2.00. The van der Waals surface area contributed by atoms with E-state index in [-0.39, 0.29) is 12.3 Å². The van der Waals surface area contributed by atoms with Crippen molar-refractivity contribution in [2.75, 3.05) is 0 Å². The third-order valence-corrected chi connectivity index (χ3v) is 1.48. The van der Waals surface area contributed by atoms with Crippen molar-refractivity contribution in [2.24, 2.45) is 11.5 Å². The lowest BCUT2D eigenvalue weighted by atomic mass is 10.2. The Balaban J connectivity index is 2.64. The van der Waals surface area contributed by atoms with Crippen LogP contribution in [0, 0.1) is 0 Å². The molecule has 66 valence electrons. The Morgan fingerprint density at radius 2 is 2.42 bits per heavy atom. The van der Waals surface area contributed by atoms with Gasteiger partial charge in [-0.1, -0.05) is 0 Å². The average Bonchev–Trinajstić information content (AvgIpc) is 2.34. The number of carbonyl (C=O) groups is 1. The predicted octanol–water partition coefficient (Wildman–Crippen LogP) is -0.293. The summed E-state index contributed by atoms with van der Waals surface area (Å²) in [6, 6.07) is -0.624. The van der Waals surface area contributed by atoms with Gasteiger partial charge < -0.3 is 16.0 Å². The number of aromatic nitrogens is 2. The zero-order chi connectivity index (χ0) is 9.14. The van der Waals surface area contributed by atoms with Gasteiger partial charge in [0.15, 0.2) is 0 Å². The summed E-state index contributed by atoms with van der Waals surface area (Å²) in [6.07, 6.45) is -0.00532. The van der Waals surface area contributed by atoms with Crippen molar-refractivity contribution >= 4 is 21.8 Å². The maximum atomic E-state index is 10.4. The van der Waals surface area contributed by atoms with E-state index >= 15 is 0 Å². The average molecular weight is 235 g/mol. The third kappa shape index (κ3) is 2.28. The second-order valence-corrected chi connectivity index (χ2v) is 2.89. The Hall–Kier alpha value is -0.950. The number of hydrogen-bond donors (Lipinski definition) is 2. The highest BCUT2D eigenvalue weighted by Crippen LogP contribution is 2.13. The van der Waals surface area contributed by atoms with Gasteiger partial charge >= 0.3 is 0 Å². The highest BCUT2D eigenvalue weighted by atomic mass is 79.9. The molecule has 12 heavy (non-hydrogen) atoms. The normalized spacial score (nSPS) is 12.8. The van der Waals surface area contributed by atoms with Gasteiger partial charge in [0.1, 0.15) is 0 Å². The zero-order valence-corrected chi connectivity index (χ0v) is 7.61. The summed E-state index contributed by atoms with van der Waals surface area (Å²) in [5.74, 6) is -0.308. The van der Waals surface area contributed by atoms with Crippen LogP contribution in [0.25, 0.3) is 0 Å². The predicted molar refractivity (Wildman–Crippen MR) is 42.7 cm³/mol. The topological polar surface area (TPSA) is 108 Å². The molecule has 0 aliphatic rings. The first kappa shape index (κ1) is 9.14. The Morgan fingerprint density at radius 3 is 2.83 bits per heavy atom. The summed E-state index contributed by atoms with van der Waals surface area (Å²) in [6.45, 7) is 0. The Kier molecular flexibility index (Phi) is 2.77. The molecule has 1 rings (SSSR count). The summed E-state index contributed by atoms with van der Waals surface area (Å²) in [5, 5.41) is 3.44. The number of rotatable bonds is 3. The van der Waals surface area contributed by atoms with Crippen LogP contribution in [0.1, 0.15) is 18.4 Å². The van der Waals surface area contributed by atoms with Gasteiger partial charge in [-0.05, 0) is 21.1 Å². The standard InChI is InChI=1S/C5H7BrN4O2/c6-5-9-4(12-10-5)2(7)1-3(8)11/h2H,1,7H2,(H2,8,11)/t2-/m0/s1. The van der Waals surface area contributed by atoms with Crippen LogP contribution in [-0.4, -0.2) is 16.0 Å². The van der Waals surface area contributed by atoms with E-state index in [1.807, 2.05) is 0 Å². The minimum Gasteiger partial charge on any atom is -0.370 e. The van der Waals surface area contributed by atoms with Crippen molar-refractivity contribution in [2.45, 2.75) is 12.5 Å². The summed E-state index contributed by atoms with van der Waals surface area (Å²) in [5.41, 5.74) is 10.4. The van der Waals surface area contributed by atoms with Gasteiger partial charge in [0.25, 0.3) is 0 Å². The first-order valence-corrected chi connectivity index (χ1v) is 3.92. The van der Waals surface area contributed by atoms with Crippen molar-refractivity contribution in [3.8, 4) is 0 Å². The lowest BCUT2D eigenvalue weighted by Crippen LogP contribution is -2.20. The molecule has 7 heteroatoms. The van der Waals surface area contributed by atoms with Crippen LogP contribution in [0.3, 0.4) is 0 Å². The second-order valence-electron chi connectivity index (χ2n) is 2.18. The van der Waals surface area contributed by atoms with Crippen LogP contribution < -0.4 is 11.5 Å². The highest BCUT2D eigenvalue weighted by molar-refractivity contribution is 9.10. The third-order valence-electron chi connectivity index (χ3n) is 1.16. The van der Waals surface area contributed by atoms with Gasteiger partial charge in [0.05, 0.1) is 12.5 Å². The molecule has 1 amide bonds. The minimum absolute atomic E-state index is 0.00532. The first-order chi connectivity index (χ1) is 5.59. The van der Waals surface area contributed by atoms with E-state index in [0.29, 0.717) is 4.73 Å². The molecule has 0 bridgehead atoms. The van der Waals surface area contributed by atoms with E-state index in [2.05, 4.69) is 30.6 Å². The van der Waals surface area contributed by atoms with E-state index in [0.717, 1.165) is 0 Å². The van der Waals surface area contributed by atoms with Crippen LogP contribution in [0.4, 0.5) is 0 Å². The summed E-state index contributed by atoms with van der Waals surface area (Å²) in [4.78, 5) is 14.2. The molecule has 0 spiro atoms. The van der Waals surface area contributed by atoms with E-state index in [1.54, 1.807) is 0 Å². The van der Waals surface area contributed by atoms with E-state index < -0.39 is 11.9 Å². The maximum absolute atomic E-state index is 10.4.